The summed E-state index contributed by atoms with van der Waals surface area (Å²) in [6.07, 6.45) is 10.3. The van der Waals surface area contributed by atoms with E-state index in [0.29, 0.717) is 6.61 Å². The molecule has 0 radical (unpaired) electrons. The predicted octanol–water partition coefficient (Wildman–Crippen LogP) is 5.74. The molecule has 1 atom stereocenters. The summed E-state index contributed by atoms with van der Waals surface area (Å²) in [7, 11) is 0. The zero-order valence-electron chi connectivity index (χ0n) is 14.1. The fraction of sp³-hybridized carbons (Fsp3) is 0.684. The van der Waals surface area contributed by atoms with E-state index < -0.39 is 0 Å². The van der Waals surface area contributed by atoms with Crippen molar-refractivity contribution in [2.45, 2.75) is 78.4 Å². The molecule has 21 heavy (non-hydrogen) atoms. The molecule has 0 saturated carbocycles. The van der Waals surface area contributed by atoms with Crippen molar-refractivity contribution >= 4 is 0 Å². The van der Waals surface area contributed by atoms with E-state index >= 15 is 0 Å². The molecule has 1 aromatic carbocycles. The quantitative estimate of drug-likeness (QED) is 0.361. The second kappa shape index (κ2) is 11.6. The smallest absolute Gasteiger partial charge is 0.196 e. The number of hydrogen-bond donors (Lipinski definition) is 0. The fourth-order valence-corrected chi connectivity index (χ4v) is 2.55. The first-order valence-corrected chi connectivity index (χ1v) is 8.64. The van der Waals surface area contributed by atoms with Crippen molar-refractivity contribution in [2.24, 2.45) is 0 Å². The molecule has 0 aromatic heterocycles. The van der Waals surface area contributed by atoms with Crippen LogP contribution in [0.3, 0.4) is 0 Å². The lowest BCUT2D eigenvalue weighted by Crippen LogP contribution is -2.16. The Morgan fingerprint density at radius 1 is 0.905 bits per heavy atom. The molecular weight excluding hydrogens is 260 g/mol. The average Bonchev–Trinajstić information content (AvgIpc) is 2.48. The summed E-state index contributed by atoms with van der Waals surface area (Å²) >= 11 is 0. The van der Waals surface area contributed by atoms with Crippen LogP contribution < -0.4 is 4.74 Å². The summed E-state index contributed by atoms with van der Waals surface area (Å²) in [5, 5.41) is 0. The number of ether oxygens (including phenoxy) is 2. The fourth-order valence-electron chi connectivity index (χ4n) is 2.55. The van der Waals surface area contributed by atoms with Crippen molar-refractivity contribution in [2.75, 3.05) is 6.61 Å². The van der Waals surface area contributed by atoms with Gasteiger partial charge in [0.2, 0.25) is 0 Å². The minimum atomic E-state index is -0.176. The monoisotopic (exact) mass is 292 g/mol. The van der Waals surface area contributed by atoms with Crippen LogP contribution in [-0.4, -0.2) is 12.9 Å². The molecule has 0 bridgehead atoms. The molecule has 0 spiro atoms. The Labute approximate surface area is 130 Å². The molecule has 0 N–H and O–H groups in total. The van der Waals surface area contributed by atoms with Gasteiger partial charge in [-0.1, -0.05) is 63.6 Å². The zero-order valence-corrected chi connectivity index (χ0v) is 14.1. The lowest BCUT2D eigenvalue weighted by atomic mass is 10.0. The van der Waals surface area contributed by atoms with Gasteiger partial charge in [-0.2, -0.15) is 0 Å². The largest absolute Gasteiger partial charge is 0.465 e. The highest BCUT2D eigenvalue weighted by molar-refractivity contribution is 5.33. The SMILES string of the molecule is CCCCCCCCCc1ccccc1OC(C)OCC. The van der Waals surface area contributed by atoms with Crippen LogP contribution in [0, 0.1) is 0 Å². The van der Waals surface area contributed by atoms with Gasteiger partial charge < -0.3 is 9.47 Å². The van der Waals surface area contributed by atoms with Crippen LogP contribution in [0.2, 0.25) is 0 Å². The first kappa shape index (κ1) is 18.0. The van der Waals surface area contributed by atoms with Gasteiger partial charge in [0.05, 0.1) is 0 Å². The van der Waals surface area contributed by atoms with Crippen molar-refractivity contribution < 1.29 is 9.47 Å². The Kier molecular flexibility index (Phi) is 9.98. The molecule has 1 unspecified atom stereocenters. The van der Waals surface area contributed by atoms with Crippen LogP contribution in [0.25, 0.3) is 0 Å². The van der Waals surface area contributed by atoms with Crippen LogP contribution in [0.15, 0.2) is 24.3 Å². The third-order valence-electron chi connectivity index (χ3n) is 3.72. The van der Waals surface area contributed by atoms with Gasteiger partial charge in [0, 0.05) is 6.61 Å². The summed E-state index contributed by atoms with van der Waals surface area (Å²) in [6, 6.07) is 8.34. The first-order valence-electron chi connectivity index (χ1n) is 8.64. The van der Waals surface area contributed by atoms with E-state index in [1.54, 1.807) is 0 Å². The summed E-state index contributed by atoms with van der Waals surface area (Å²) in [5.41, 5.74) is 1.30. The third kappa shape index (κ3) is 8.11. The number of aryl methyl sites for hydroxylation is 1. The summed E-state index contributed by atoms with van der Waals surface area (Å²) in [4.78, 5) is 0. The molecule has 2 heteroatoms. The highest BCUT2D eigenvalue weighted by Crippen LogP contribution is 2.22. The van der Waals surface area contributed by atoms with Crippen molar-refractivity contribution in [3.05, 3.63) is 29.8 Å². The van der Waals surface area contributed by atoms with Gasteiger partial charge in [0.25, 0.3) is 0 Å². The normalized spacial score (nSPS) is 12.3. The highest BCUT2D eigenvalue weighted by atomic mass is 16.7. The van der Waals surface area contributed by atoms with Gasteiger partial charge in [0.15, 0.2) is 6.29 Å². The molecule has 0 heterocycles. The van der Waals surface area contributed by atoms with E-state index in [4.69, 9.17) is 9.47 Å². The van der Waals surface area contributed by atoms with Crippen LogP contribution in [0.5, 0.6) is 5.75 Å². The Balaban J connectivity index is 2.30. The molecule has 120 valence electrons. The topological polar surface area (TPSA) is 18.5 Å². The molecule has 0 fully saturated rings. The molecule has 0 saturated heterocycles. The Bertz CT molecular complexity index is 362. The standard InChI is InChI=1S/C19H32O2/c1-4-6-7-8-9-10-11-14-18-15-12-13-16-19(18)21-17(3)20-5-2/h12-13,15-17H,4-11,14H2,1-3H3. The minimum absolute atomic E-state index is 0.176. The summed E-state index contributed by atoms with van der Waals surface area (Å²) in [5.74, 6) is 0.976. The summed E-state index contributed by atoms with van der Waals surface area (Å²) < 4.78 is 11.3. The van der Waals surface area contributed by atoms with Crippen LogP contribution in [0.1, 0.15) is 71.3 Å². The van der Waals surface area contributed by atoms with Crippen LogP contribution in [-0.2, 0) is 11.2 Å². The van der Waals surface area contributed by atoms with E-state index in [9.17, 15) is 0 Å². The van der Waals surface area contributed by atoms with Gasteiger partial charge in [0.1, 0.15) is 5.75 Å². The van der Waals surface area contributed by atoms with E-state index in [1.165, 1.54) is 50.5 Å². The molecule has 1 rings (SSSR count). The lowest BCUT2D eigenvalue weighted by Gasteiger charge is -2.17. The molecule has 0 amide bonds. The minimum Gasteiger partial charge on any atom is -0.465 e. The summed E-state index contributed by atoms with van der Waals surface area (Å²) in [6.45, 7) is 6.89. The highest BCUT2D eigenvalue weighted by Gasteiger charge is 2.07. The molecule has 0 aliphatic rings. The zero-order chi connectivity index (χ0) is 15.3. The van der Waals surface area contributed by atoms with E-state index in [1.807, 2.05) is 26.0 Å². The average molecular weight is 292 g/mol. The molecule has 1 aromatic rings. The Morgan fingerprint density at radius 3 is 2.29 bits per heavy atom. The molecule has 2 nitrogen and oxygen atoms in total. The van der Waals surface area contributed by atoms with Crippen molar-refractivity contribution in [1.82, 2.24) is 0 Å². The van der Waals surface area contributed by atoms with E-state index in [-0.39, 0.29) is 6.29 Å². The molecular formula is C19H32O2. The van der Waals surface area contributed by atoms with Crippen LogP contribution >= 0.6 is 0 Å². The van der Waals surface area contributed by atoms with Gasteiger partial charge in [-0.15, -0.1) is 0 Å². The third-order valence-corrected chi connectivity index (χ3v) is 3.72. The van der Waals surface area contributed by atoms with Crippen molar-refractivity contribution in [3.63, 3.8) is 0 Å². The van der Waals surface area contributed by atoms with Crippen LogP contribution in [0.4, 0.5) is 0 Å². The second-order valence-corrected chi connectivity index (χ2v) is 5.62. The lowest BCUT2D eigenvalue weighted by molar-refractivity contribution is -0.0617. The maximum atomic E-state index is 5.87. The molecule has 0 aliphatic heterocycles. The van der Waals surface area contributed by atoms with Crippen molar-refractivity contribution in [3.8, 4) is 5.75 Å². The Hall–Kier alpha value is -1.02. The number of rotatable bonds is 12. The number of para-hydroxylation sites is 1. The molecule has 0 aliphatic carbocycles. The van der Waals surface area contributed by atoms with E-state index in [2.05, 4.69) is 19.1 Å². The maximum Gasteiger partial charge on any atom is 0.196 e. The first-order chi connectivity index (χ1) is 10.3. The van der Waals surface area contributed by atoms with Gasteiger partial charge in [-0.3, -0.25) is 0 Å². The predicted molar refractivity (Wildman–Crippen MR) is 89.9 cm³/mol. The second-order valence-electron chi connectivity index (χ2n) is 5.62. The van der Waals surface area contributed by atoms with Gasteiger partial charge in [-0.05, 0) is 38.3 Å². The maximum absolute atomic E-state index is 5.87. The Morgan fingerprint density at radius 2 is 1.57 bits per heavy atom. The van der Waals surface area contributed by atoms with E-state index in [0.717, 1.165) is 12.2 Å². The number of unbranched alkanes of at least 4 members (excludes halogenated alkanes) is 6. The van der Waals surface area contributed by atoms with Gasteiger partial charge >= 0.3 is 0 Å². The number of benzene rings is 1. The number of hydrogen-bond acceptors (Lipinski definition) is 2. The van der Waals surface area contributed by atoms with Crippen molar-refractivity contribution in [1.29, 1.82) is 0 Å². The van der Waals surface area contributed by atoms with Gasteiger partial charge in [-0.25, -0.2) is 0 Å².